The van der Waals surface area contributed by atoms with Crippen LogP contribution in [0.4, 0.5) is 0 Å². The van der Waals surface area contributed by atoms with E-state index >= 15 is 0 Å². The van der Waals surface area contributed by atoms with E-state index in [2.05, 4.69) is 4.98 Å². The summed E-state index contributed by atoms with van der Waals surface area (Å²) in [5.41, 5.74) is -0.552. The predicted octanol–water partition coefficient (Wildman–Crippen LogP) is 1.66. The molecule has 0 bridgehead atoms. The smallest absolute Gasteiger partial charge is 0.336 e. The van der Waals surface area contributed by atoms with Crippen molar-refractivity contribution in [2.24, 2.45) is 0 Å². The van der Waals surface area contributed by atoms with E-state index in [1.54, 1.807) is 12.1 Å². The van der Waals surface area contributed by atoms with Crippen molar-refractivity contribution in [3.8, 4) is 0 Å². The van der Waals surface area contributed by atoms with Gasteiger partial charge in [0, 0.05) is 18.8 Å². The quantitative estimate of drug-likeness (QED) is 0.616. The highest BCUT2D eigenvalue weighted by atomic mass is 31.2. The topological polar surface area (TPSA) is 134 Å². The van der Waals surface area contributed by atoms with Gasteiger partial charge in [0.05, 0.1) is 5.66 Å². The fourth-order valence-corrected chi connectivity index (χ4v) is 2.83. The minimum Gasteiger partial charge on any atom is -0.481 e. The number of carboxylic acids is 2. The maximum absolute atomic E-state index is 12.2. The molecule has 0 aliphatic carbocycles. The van der Waals surface area contributed by atoms with Crippen LogP contribution in [0.2, 0.25) is 0 Å². The van der Waals surface area contributed by atoms with Crippen molar-refractivity contribution < 1.29 is 33.8 Å². The molecule has 1 rings (SSSR count). The van der Waals surface area contributed by atoms with Crippen LogP contribution in [-0.2, 0) is 18.7 Å². The van der Waals surface area contributed by atoms with E-state index in [0.717, 1.165) is 0 Å². The number of hydrogen-bond donors (Lipinski definition) is 3. The Morgan fingerprint density at radius 1 is 1.43 bits per heavy atom. The van der Waals surface area contributed by atoms with E-state index in [1.807, 2.05) is 0 Å². The molecule has 0 aliphatic heterocycles. The molecule has 1 aromatic heterocycles. The van der Waals surface area contributed by atoms with E-state index < -0.39 is 44.1 Å². The molecular weight excluding hydrogens is 301 g/mol. The molecule has 0 aliphatic rings. The normalized spacial score (nSPS) is 16.7. The van der Waals surface area contributed by atoms with Gasteiger partial charge in [-0.25, -0.2) is 4.79 Å². The number of carboxylic acid groups (broad SMARTS) is 2. The lowest BCUT2D eigenvalue weighted by molar-refractivity contribution is -0.146. The zero-order chi connectivity index (χ0) is 16.0. The number of pyridine rings is 1. The molecule has 0 saturated carbocycles. The number of nitrogens with zero attached hydrogens (tertiary/aromatic N) is 1. The van der Waals surface area contributed by atoms with Crippen LogP contribution >= 0.6 is 7.60 Å². The Kier molecular flexibility index (Phi) is 6.02. The van der Waals surface area contributed by atoms with Gasteiger partial charge in [-0.05, 0) is 25.0 Å². The first-order chi connectivity index (χ1) is 9.74. The number of hydrogen-bond acceptors (Lipinski definition) is 5. The maximum atomic E-state index is 12.2. The summed E-state index contributed by atoms with van der Waals surface area (Å²) in [7, 11) is -4.29. The largest absolute Gasteiger partial charge is 0.481 e. The second kappa shape index (κ2) is 7.31. The number of aromatic nitrogens is 1. The summed E-state index contributed by atoms with van der Waals surface area (Å²) in [6.07, 6.45) is 0.347. The van der Waals surface area contributed by atoms with Gasteiger partial charge in [-0.15, -0.1) is 0 Å². The van der Waals surface area contributed by atoms with E-state index in [1.165, 1.54) is 19.3 Å². The van der Waals surface area contributed by atoms with Gasteiger partial charge < -0.3 is 15.1 Å². The lowest BCUT2D eigenvalue weighted by Gasteiger charge is -2.22. The van der Waals surface area contributed by atoms with E-state index in [0.29, 0.717) is 5.56 Å². The first kappa shape index (κ1) is 17.3. The van der Waals surface area contributed by atoms with Crippen molar-refractivity contribution in [1.82, 2.24) is 4.98 Å². The third kappa shape index (κ3) is 5.26. The van der Waals surface area contributed by atoms with E-state index in [9.17, 15) is 19.0 Å². The third-order valence-corrected chi connectivity index (χ3v) is 4.66. The molecule has 1 aromatic rings. The predicted molar refractivity (Wildman–Crippen MR) is 71.9 cm³/mol. The molecule has 3 atom stereocenters. The monoisotopic (exact) mass is 317 g/mol. The third-order valence-electron chi connectivity index (χ3n) is 2.83. The molecule has 0 radical (unpaired) electrons. The molecule has 0 aromatic carbocycles. The Hall–Kier alpha value is -1.76. The zero-order valence-electron chi connectivity index (χ0n) is 11.2. The standard InChI is InChI=1S/C12H16NO7P/c1-8(9-3-2-6-13-7-9)21(18,19)20-10(12(16)17)4-5-11(14)15/h2-3,6-8,10H,4-5H2,1H3,(H,14,15)(H,16,17)(H,18,19). The lowest BCUT2D eigenvalue weighted by Crippen LogP contribution is -2.24. The summed E-state index contributed by atoms with van der Waals surface area (Å²) in [5.74, 6) is -2.69. The summed E-state index contributed by atoms with van der Waals surface area (Å²) in [4.78, 5) is 35.2. The average Bonchev–Trinajstić information content (AvgIpc) is 2.43. The Balaban J connectivity index is 2.83. The van der Waals surface area contributed by atoms with Gasteiger partial charge in [-0.1, -0.05) is 6.07 Å². The van der Waals surface area contributed by atoms with Crippen molar-refractivity contribution in [3.63, 3.8) is 0 Å². The van der Waals surface area contributed by atoms with Gasteiger partial charge in [-0.3, -0.25) is 18.9 Å². The zero-order valence-corrected chi connectivity index (χ0v) is 12.1. The molecule has 3 unspecified atom stereocenters. The van der Waals surface area contributed by atoms with Crippen LogP contribution in [0.15, 0.2) is 24.5 Å². The summed E-state index contributed by atoms with van der Waals surface area (Å²) >= 11 is 0. The van der Waals surface area contributed by atoms with Crippen molar-refractivity contribution in [2.75, 3.05) is 0 Å². The fourth-order valence-electron chi connectivity index (χ4n) is 1.56. The van der Waals surface area contributed by atoms with Gasteiger partial charge in [-0.2, -0.15) is 0 Å². The van der Waals surface area contributed by atoms with Crippen LogP contribution in [0.3, 0.4) is 0 Å². The minimum absolute atomic E-state index is 0.394. The average molecular weight is 317 g/mol. The van der Waals surface area contributed by atoms with Crippen LogP contribution in [0.25, 0.3) is 0 Å². The highest BCUT2D eigenvalue weighted by Crippen LogP contribution is 2.57. The molecule has 9 heteroatoms. The van der Waals surface area contributed by atoms with Crippen LogP contribution < -0.4 is 0 Å². The summed E-state index contributed by atoms with van der Waals surface area (Å²) in [6.45, 7) is 1.41. The first-order valence-electron chi connectivity index (χ1n) is 6.09. The SMILES string of the molecule is CC(c1cccnc1)P(=O)(O)OC(CCC(=O)O)C(=O)O. The van der Waals surface area contributed by atoms with Gasteiger partial charge in [0.25, 0.3) is 0 Å². The van der Waals surface area contributed by atoms with E-state index in [4.69, 9.17) is 14.7 Å². The molecule has 3 N–H and O–H groups in total. The molecule has 8 nitrogen and oxygen atoms in total. The highest BCUT2D eigenvalue weighted by Gasteiger charge is 2.35. The molecule has 0 saturated heterocycles. The van der Waals surface area contributed by atoms with Crippen molar-refractivity contribution in [2.45, 2.75) is 31.5 Å². The fraction of sp³-hybridized carbons (Fsp3) is 0.417. The van der Waals surface area contributed by atoms with Crippen molar-refractivity contribution in [1.29, 1.82) is 0 Å². The summed E-state index contributed by atoms with van der Waals surface area (Å²) < 4.78 is 17.0. The number of rotatable bonds is 8. The minimum atomic E-state index is -4.29. The van der Waals surface area contributed by atoms with Gasteiger partial charge in [0.2, 0.25) is 0 Å². The van der Waals surface area contributed by atoms with E-state index in [-0.39, 0.29) is 0 Å². The maximum Gasteiger partial charge on any atom is 0.336 e. The second-order valence-electron chi connectivity index (χ2n) is 4.39. The number of carbonyl (C=O) groups is 2. The Bertz CT molecular complexity index is 548. The van der Waals surface area contributed by atoms with Crippen LogP contribution in [0.1, 0.15) is 31.0 Å². The highest BCUT2D eigenvalue weighted by molar-refractivity contribution is 7.53. The molecular formula is C12H16NO7P. The first-order valence-corrected chi connectivity index (χ1v) is 7.74. The number of aliphatic carboxylic acids is 2. The van der Waals surface area contributed by atoms with Gasteiger partial charge >= 0.3 is 19.5 Å². The molecule has 0 amide bonds. The lowest BCUT2D eigenvalue weighted by atomic mass is 10.2. The Labute approximate surface area is 120 Å². The molecule has 21 heavy (non-hydrogen) atoms. The Morgan fingerprint density at radius 3 is 2.57 bits per heavy atom. The van der Waals surface area contributed by atoms with Crippen LogP contribution in [0, 0.1) is 0 Å². The van der Waals surface area contributed by atoms with Crippen LogP contribution in [0.5, 0.6) is 0 Å². The van der Waals surface area contributed by atoms with Gasteiger partial charge in [0.15, 0.2) is 6.10 Å². The molecule has 0 spiro atoms. The van der Waals surface area contributed by atoms with Crippen molar-refractivity contribution in [3.05, 3.63) is 30.1 Å². The van der Waals surface area contributed by atoms with Crippen molar-refractivity contribution >= 4 is 19.5 Å². The van der Waals surface area contributed by atoms with Crippen LogP contribution in [-0.4, -0.2) is 38.1 Å². The van der Waals surface area contributed by atoms with Gasteiger partial charge in [0.1, 0.15) is 0 Å². The summed E-state index contributed by atoms with van der Waals surface area (Å²) in [6, 6.07) is 3.14. The summed E-state index contributed by atoms with van der Waals surface area (Å²) in [5, 5.41) is 17.5. The Morgan fingerprint density at radius 2 is 2.10 bits per heavy atom. The molecule has 0 fully saturated rings. The molecule has 1 heterocycles. The molecule has 116 valence electrons. The second-order valence-corrected chi connectivity index (χ2v) is 6.50.